The number of aliphatic carboxylic acids is 1. The quantitative estimate of drug-likeness (QED) is 0.869. The Morgan fingerprint density at radius 2 is 2.11 bits per heavy atom. The highest BCUT2D eigenvalue weighted by Gasteiger charge is 2.24. The Balaban J connectivity index is 2.80. The molecule has 1 aromatic rings. The van der Waals surface area contributed by atoms with Crippen molar-refractivity contribution in [2.45, 2.75) is 20.3 Å². The van der Waals surface area contributed by atoms with Crippen LogP contribution in [0.5, 0.6) is 5.75 Å². The molecular formula is C14H20BrNO3. The van der Waals surface area contributed by atoms with E-state index in [0.717, 1.165) is 15.9 Å². The molecule has 0 spiro atoms. The number of carbonyl (C=O) groups is 1. The monoisotopic (exact) mass is 329 g/mol. The zero-order chi connectivity index (χ0) is 14.6. The van der Waals surface area contributed by atoms with Gasteiger partial charge in [0, 0.05) is 19.3 Å². The van der Waals surface area contributed by atoms with Crippen molar-refractivity contribution in [1.82, 2.24) is 0 Å². The van der Waals surface area contributed by atoms with Crippen LogP contribution in [-0.2, 0) is 4.79 Å². The van der Waals surface area contributed by atoms with Crippen molar-refractivity contribution >= 4 is 27.6 Å². The number of halogens is 1. The number of carboxylic acid groups (broad SMARTS) is 1. The fourth-order valence-electron chi connectivity index (χ4n) is 2.09. The van der Waals surface area contributed by atoms with Crippen molar-refractivity contribution < 1.29 is 14.6 Å². The van der Waals surface area contributed by atoms with Gasteiger partial charge in [0.25, 0.3) is 0 Å². The number of hydrogen-bond acceptors (Lipinski definition) is 3. The highest BCUT2D eigenvalue weighted by Crippen LogP contribution is 2.31. The van der Waals surface area contributed by atoms with E-state index in [9.17, 15) is 4.79 Å². The van der Waals surface area contributed by atoms with Crippen LogP contribution in [0.2, 0.25) is 0 Å². The minimum absolute atomic E-state index is 0.147. The van der Waals surface area contributed by atoms with Crippen LogP contribution in [0.25, 0.3) is 0 Å². The molecule has 0 amide bonds. The van der Waals surface area contributed by atoms with E-state index in [4.69, 9.17) is 9.84 Å². The van der Waals surface area contributed by atoms with Gasteiger partial charge in [0.05, 0.1) is 18.0 Å². The third-order valence-electron chi connectivity index (χ3n) is 2.87. The SMILES string of the molecule is COc1ccc(N(C)CC(C)(C)CC(=O)O)cc1Br. The molecule has 0 fully saturated rings. The van der Waals surface area contributed by atoms with E-state index in [1.54, 1.807) is 7.11 Å². The van der Waals surface area contributed by atoms with Crippen LogP contribution in [0.3, 0.4) is 0 Å². The van der Waals surface area contributed by atoms with Crippen LogP contribution >= 0.6 is 15.9 Å². The molecule has 5 heteroatoms. The minimum atomic E-state index is -0.769. The molecule has 0 aliphatic rings. The molecule has 0 aliphatic heterocycles. The number of nitrogens with zero attached hydrogens (tertiary/aromatic N) is 1. The number of rotatable bonds is 6. The van der Waals surface area contributed by atoms with Crippen LogP contribution in [0.15, 0.2) is 22.7 Å². The number of anilines is 1. The number of carboxylic acids is 1. The van der Waals surface area contributed by atoms with Crippen molar-refractivity contribution in [3.05, 3.63) is 22.7 Å². The largest absolute Gasteiger partial charge is 0.496 e. The van der Waals surface area contributed by atoms with E-state index < -0.39 is 5.97 Å². The average Bonchev–Trinajstić information content (AvgIpc) is 2.26. The highest BCUT2D eigenvalue weighted by molar-refractivity contribution is 9.10. The zero-order valence-corrected chi connectivity index (χ0v) is 13.3. The van der Waals surface area contributed by atoms with Crippen molar-refractivity contribution in [2.75, 3.05) is 25.6 Å². The number of methoxy groups -OCH3 is 1. The van der Waals surface area contributed by atoms with Crippen LogP contribution in [0.4, 0.5) is 5.69 Å². The summed E-state index contributed by atoms with van der Waals surface area (Å²) in [5, 5.41) is 8.90. The molecule has 0 saturated heterocycles. The van der Waals surface area contributed by atoms with Gasteiger partial charge in [-0.3, -0.25) is 4.79 Å². The summed E-state index contributed by atoms with van der Waals surface area (Å²) in [5.41, 5.74) is 0.735. The maximum absolute atomic E-state index is 10.8. The Morgan fingerprint density at radius 3 is 2.58 bits per heavy atom. The van der Waals surface area contributed by atoms with Crippen LogP contribution < -0.4 is 9.64 Å². The van der Waals surface area contributed by atoms with Crippen molar-refractivity contribution in [2.24, 2.45) is 5.41 Å². The summed E-state index contributed by atoms with van der Waals surface area (Å²) in [7, 11) is 3.58. The fraction of sp³-hybridized carbons (Fsp3) is 0.500. The summed E-state index contributed by atoms with van der Waals surface area (Å²) in [6.45, 7) is 4.57. The van der Waals surface area contributed by atoms with Gasteiger partial charge in [-0.05, 0) is 39.5 Å². The Labute approximate surface area is 122 Å². The molecule has 0 atom stereocenters. The summed E-state index contributed by atoms with van der Waals surface area (Å²) in [6.07, 6.45) is 0.147. The second kappa shape index (κ2) is 6.28. The van der Waals surface area contributed by atoms with Crippen LogP contribution in [-0.4, -0.2) is 31.8 Å². The molecule has 19 heavy (non-hydrogen) atoms. The van der Waals surface area contributed by atoms with Gasteiger partial charge in [-0.25, -0.2) is 0 Å². The Bertz CT molecular complexity index is 460. The molecule has 0 saturated carbocycles. The first kappa shape index (κ1) is 15.8. The summed E-state index contributed by atoms with van der Waals surface area (Å²) in [4.78, 5) is 12.9. The van der Waals surface area contributed by atoms with Gasteiger partial charge in [-0.2, -0.15) is 0 Å². The Morgan fingerprint density at radius 1 is 1.47 bits per heavy atom. The lowest BCUT2D eigenvalue weighted by molar-refractivity contribution is -0.139. The van der Waals surface area contributed by atoms with E-state index in [0.29, 0.717) is 6.54 Å². The molecule has 0 aromatic heterocycles. The van der Waals surface area contributed by atoms with Gasteiger partial charge >= 0.3 is 5.97 Å². The van der Waals surface area contributed by atoms with Crippen molar-refractivity contribution in [3.8, 4) is 5.75 Å². The predicted molar refractivity (Wildman–Crippen MR) is 80.0 cm³/mol. The minimum Gasteiger partial charge on any atom is -0.496 e. The Hall–Kier alpha value is -1.23. The lowest BCUT2D eigenvalue weighted by Gasteiger charge is -2.30. The van der Waals surface area contributed by atoms with E-state index >= 15 is 0 Å². The second-order valence-corrected chi connectivity index (χ2v) is 6.26. The average molecular weight is 330 g/mol. The maximum atomic E-state index is 10.8. The van der Waals surface area contributed by atoms with Gasteiger partial charge in [-0.15, -0.1) is 0 Å². The topological polar surface area (TPSA) is 49.8 Å². The predicted octanol–water partition coefficient (Wildman–Crippen LogP) is 3.39. The summed E-state index contributed by atoms with van der Waals surface area (Å²) in [5.74, 6) is 0.0104. The first-order valence-corrected chi connectivity index (χ1v) is 6.81. The fourth-order valence-corrected chi connectivity index (χ4v) is 2.62. The molecule has 0 heterocycles. The second-order valence-electron chi connectivity index (χ2n) is 5.41. The van der Waals surface area contributed by atoms with Gasteiger partial charge < -0.3 is 14.7 Å². The molecule has 106 valence electrons. The number of hydrogen-bond donors (Lipinski definition) is 1. The molecule has 1 rings (SSSR count). The highest BCUT2D eigenvalue weighted by atomic mass is 79.9. The molecule has 0 radical (unpaired) electrons. The molecular weight excluding hydrogens is 310 g/mol. The van der Waals surface area contributed by atoms with Gasteiger partial charge in [0.15, 0.2) is 0 Å². The summed E-state index contributed by atoms with van der Waals surface area (Å²) >= 11 is 3.45. The molecule has 4 nitrogen and oxygen atoms in total. The third kappa shape index (κ3) is 4.74. The van der Waals surface area contributed by atoms with Crippen LogP contribution in [0, 0.1) is 5.41 Å². The first-order chi connectivity index (χ1) is 8.75. The molecule has 0 unspecified atom stereocenters. The van der Waals surface area contributed by atoms with E-state index in [1.807, 2.05) is 44.0 Å². The normalized spacial score (nSPS) is 11.2. The van der Waals surface area contributed by atoms with Crippen molar-refractivity contribution in [3.63, 3.8) is 0 Å². The van der Waals surface area contributed by atoms with Gasteiger partial charge in [0.2, 0.25) is 0 Å². The molecule has 1 N–H and O–H groups in total. The standard InChI is InChI=1S/C14H20BrNO3/c1-14(2,8-13(17)18)9-16(3)10-5-6-12(19-4)11(15)7-10/h5-7H,8-9H2,1-4H3,(H,17,18). The van der Waals surface area contributed by atoms with Gasteiger partial charge in [0.1, 0.15) is 5.75 Å². The lowest BCUT2D eigenvalue weighted by atomic mass is 9.88. The van der Waals surface area contributed by atoms with Crippen molar-refractivity contribution in [1.29, 1.82) is 0 Å². The Kier molecular flexibility index (Phi) is 5.23. The summed E-state index contributed by atoms with van der Waals surface area (Å²) < 4.78 is 6.07. The smallest absolute Gasteiger partial charge is 0.303 e. The van der Waals surface area contributed by atoms with E-state index in [1.165, 1.54) is 0 Å². The maximum Gasteiger partial charge on any atom is 0.303 e. The molecule has 0 aliphatic carbocycles. The number of benzene rings is 1. The van der Waals surface area contributed by atoms with Crippen LogP contribution in [0.1, 0.15) is 20.3 Å². The molecule has 0 bridgehead atoms. The first-order valence-electron chi connectivity index (χ1n) is 6.01. The van der Waals surface area contributed by atoms with Gasteiger partial charge in [-0.1, -0.05) is 13.8 Å². The zero-order valence-electron chi connectivity index (χ0n) is 11.7. The third-order valence-corrected chi connectivity index (χ3v) is 3.49. The lowest BCUT2D eigenvalue weighted by Crippen LogP contribution is -2.33. The summed E-state index contributed by atoms with van der Waals surface area (Å²) in [6, 6.07) is 5.82. The van der Waals surface area contributed by atoms with E-state index in [-0.39, 0.29) is 11.8 Å². The molecule has 1 aromatic carbocycles. The number of ether oxygens (including phenoxy) is 1. The van der Waals surface area contributed by atoms with E-state index in [2.05, 4.69) is 15.9 Å².